The Morgan fingerprint density at radius 3 is 1.45 bits per heavy atom. The summed E-state index contributed by atoms with van der Waals surface area (Å²) in [7, 11) is 0. The monoisotopic (exact) mass is 540 g/mol. The van der Waals surface area contributed by atoms with Gasteiger partial charge in [-0.25, -0.2) is 0 Å². The first kappa shape index (κ1) is 24.7. The zero-order chi connectivity index (χ0) is 28.4. The molecule has 0 radical (unpaired) electrons. The van der Waals surface area contributed by atoms with Crippen molar-refractivity contribution in [1.29, 1.82) is 0 Å². The Morgan fingerprint density at radius 1 is 0.381 bits per heavy atom. The van der Waals surface area contributed by atoms with Crippen molar-refractivity contribution >= 4 is 43.6 Å². The van der Waals surface area contributed by atoms with Gasteiger partial charge in [0.15, 0.2) is 0 Å². The highest BCUT2D eigenvalue weighted by Crippen LogP contribution is 2.37. The molecular formula is C40H32N2. The largest absolute Gasteiger partial charge is 0.309 e. The summed E-state index contributed by atoms with van der Waals surface area (Å²) in [5, 5.41) is 5.07. The summed E-state index contributed by atoms with van der Waals surface area (Å²) in [4.78, 5) is 0. The van der Waals surface area contributed by atoms with Crippen molar-refractivity contribution in [3.8, 4) is 22.5 Å². The molecule has 6 aromatic carbocycles. The lowest BCUT2D eigenvalue weighted by atomic mass is 9.86. The summed E-state index contributed by atoms with van der Waals surface area (Å²) in [6.45, 7) is 6.78. The van der Waals surface area contributed by atoms with E-state index in [9.17, 15) is 0 Å². The fourth-order valence-electron chi connectivity index (χ4n) is 6.57. The van der Waals surface area contributed by atoms with Crippen molar-refractivity contribution in [2.75, 3.05) is 0 Å². The van der Waals surface area contributed by atoms with E-state index in [2.05, 4.69) is 169 Å². The predicted molar refractivity (Wildman–Crippen MR) is 179 cm³/mol. The van der Waals surface area contributed by atoms with E-state index in [0.717, 1.165) is 0 Å². The third-order valence-electron chi connectivity index (χ3n) is 8.68. The van der Waals surface area contributed by atoms with Crippen LogP contribution in [0.5, 0.6) is 0 Å². The minimum atomic E-state index is 0.140. The Balaban J connectivity index is 1.32. The summed E-state index contributed by atoms with van der Waals surface area (Å²) < 4.78 is 4.81. The molecule has 2 heterocycles. The summed E-state index contributed by atoms with van der Waals surface area (Å²) in [5.74, 6) is 0. The molecule has 0 saturated carbocycles. The van der Waals surface area contributed by atoms with Crippen LogP contribution in [-0.2, 0) is 5.41 Å². The number of benzene rings is 6. The van der Waals surface area contributed by atoms with Gasteiger partial charge < -0.3 is 9.13 Å². The smallest absolute Gasteiger partial charge is 0.0542 e. The van der Waals surface area contributed by atoms with Crippen LogP contribution in [0.3, 0.4) is 0 Å². The zero-order valence-electron chi connectivity index (χ0n) is 24.2. The van der Waals surface area contributed by atoms with Crippen LogP contribution in [0.15, 0.2) is 140 Å². The van der Waals surface area contributed by atoms with Gasteiger partial charge in [-0.05, 0) is 70.6 Å². The van der Waals surface area contributed by atoms with E-state index >= 15 is 0 Å². The molecule has 0 aliphatic heterocycles. The second-order valence-corrected chi connectivity index (χ2v) is 12.3. The maximum absolute atomic E-state index is 2.41. The van der Waals surface area contributed by atoms with E-state index in [1.807, 2.05) is 0 Å². The number of rotatable bonds is 3. The third kappa shape index (κ3) is 3.79. The number of hydrogen-bond donors (Lipinski definition) is 0. The Labute approximate surface area is 246 Å². The second kappa shape index (κ2) is 9.22. The van der Waals surface area contributed by atoms with Crippen molar-refractivity contribution in [2.24, 2.45) is 0 Å². The molecule has 8 aromatic rings. The fourth-order valence-corrected chi connectivity index (χ4v) is 6.57. The number of fused-ring (bicyclic) bond motifs is 6. The van der Waals surface area contributed by atoms with Crippen LogP contribution in [-0.4, -0.2) is 9.13 Å². The van der Waals surface area contributed by atoms with Crippen LogP contribution in [0.1, 0.15) is 26.3 Å². The summed E-state index contributed by atoms with van der Waals surface area (Å²) >= 11 is 0. The molecular weight excluding hydrogens is 508 g/mol. The van der Waals surface area contributed by atoms with E-state index in [1.165, 1.54) is 71.7 Å². The Kier molecular flexibility index (Phi) is 5.42. The van der Waals surface area contributed by atoms with Crippen LogP contribution in [0, 0.1) is 0 Å². The van der Waals surface area contributed by atoms with Crippen molar-refractivity contribution in [2.45, 2.75) is 26.2 Å². The minimum absolute atomic E-state index is 0.140. The summed E-state index contributed by atoms with van der Waals surface area (Å²) in [6.07, 6.45) is 0. The molecule has 0 aliphatic rings. The van der Waals surface area contributed by atoms with Crippen molar-refractivity contribution in [1.82, 2.24) is 9.13 Å². The lowest BCUT2D eigenvalue weighted by Gasteiger charge is -2.19. The molecule has 0 atom stereocenters. The van der Waals surface area contributed by atoms with Gasteiger partial charge in [0.05, 0.1) is 22.1 Å². The number of aromatic nitrogens is 2. The maximum atomic E-state index is 2.41. The minimum Gasteiger partial charge on any atom is -0.309 e. The molecule has 8 rings (SSSR count). The van der Waals surface area contributed by atoms with Gasteiger partial charge in [0, 0.05) is 32.9 Å². The van der Waals surface area contributed by atoms with Crippen LogP contribution in [0.25, 0.3) is 66.1 Å². The van der Waals surface area contributed by atoms with Crippen molar-refractivity contribution < 1.29 is 0 Å². The van der Waals surface area contributed by atoms with Gasteiger partial charge in [-0.2, -0.15) is 0 Å². The molecule has 0 bridgehead atoms. The highest BCUT2D eigenvalue weighted by atomic mass is 15.0. The van der Waals surface area contributed by atoms with Gasteiger partial charge in [0.25, 0.3) is 0 Å². The highest BCUT2D eigenvalue weighted by molar-refractivity contribution is 6.12. The van der Waals surface area contributed by atoms with Crippen LogP contribution < -0.4 is 0 Å². The third-order valence-corrected chi connectivity index (χ3v) is 8.68. The molecule has 0 saturated heterocycles. The molecule has 42 heavy (non-hydrogen) atoms. The molecule has 0 aliphatic carbocycles. The van der Waals surface area contributed by atoms with Gasteiger partial charge in [-0.3, -0.25) is 0 Å². The molecule has 0 N–H and O–H groups in total. The molecule has 2 heteroatoms. The van der Waals surface area contributed by atoms with Crippen LogP contribution in [0.4, 0.5) is 0 Å². The topological polar surface area (TPSA) is 9.86 Å². The molecule has 0 unspecified atom stereocenters. The lowest BCUT2D eigenvalue weighted by molar-refractivity contribution is 0.590. The van der Waals surface area contributed by atoms with Gasteiger partial charge in [-0.15, -0.1) is 0 Å². The van der Waals surface area contributed by atoms with Gasteiger partial charge >= 0.3 is 0 Å². The van der Waals surface area contributed by atoms with E-state index in [-0.39, 0.29) is 5.41 Å². The standard InChI is InChI=1S/C40H32N2/c1-40(2,3)29-21-19-27(20-22-29)28-11-10-12-30(25-28)41-38-18-9-6-15-34(38)35-26-31(23-24-39(35)41)42-36-16-7-4-13-32(36)33-14-5-8-17-37(33)42/h4-26H,1-3H3. The summed E-state index contributed by atoms with van der Waals surface area (Å²) in [5.41, 5.74) is 11.2. The Bertz CT molecular complexity index is 2220. The van der Waals surface area contributed by atoms with E-state index in [0.29, 0.717) is 0 Å². The molecule has 0 spiro atoms. The lowest BCUT2D eigenvalue weighted by Crippen LogP contribution is -2.10. The molecule has 0 fully saturated rings. The fraction of sp³-hybridized carbons (Fsp3) is 0.100. The Hall–Kier alpha value is -5.08. The maximum Gasteiger partial charge on any atom is 0.0542 e. The first-order chi connectivity index (χ1) is 20.5. The van der Waals surface area contributed by atoms with Crippen molar-refractivity contribution in [3.05, 3.63) is 145 Å². The molecule has 0 amide bonds. The zero-order valence-corrected chi connectivity index (χ0v) is 24.2. The van der Waals surface area contributed by atoms with Crippen LogP contribution >= 0.6 is 0 Å². The number of hydrogen-bond acceptors (Lipinski definition) is 0. The van der Waals surface area contributed by atoms with E-state index < -0.39 is 0 Å². The van der Waals surface area contributed by atoms with Gasteiger partial charge in [-0.1, -0.05) is 112 Å². The average Bonchev–Trinajstić information content (AvgIpc) is 3.53. The first-order valence-corrected chi connectivity index (χ1v) is 14.7. The normalized spacial score (nSPS) is 12.2. The van der Waals surface area contributed by atoms with E-state index in [4.69, 9.17) is 0 Å². The van der Waals surface area contributed by atoms with E-state index in [1.54, 1.807) is 0 Å². The van der Waals surface area contributed by atoms with Crippen LogP contribution in [0.2, 0.25) is 0 Å². The predicted octanol–water partition coefficient (Wildman–Crippen LogP) is 10.8. The first-order valence-electron chi connectivity index (χ1n) is 14.7. The second-order valence-electron chi connectivity index (χ2n) is 12.3. The van der Waals surface area contributed by atoms with Crippen molar-refractivity contribution in [3.63, 3.8) is 0 Å². The van der Waals surface area contributed by atoms with Gasteiger partial charge in [0.2, 0.25) is 0 Å². The Morgan fingerprint density at radius 2 is 0.881 bits per heavy atom. The number of para-hydroxylation sites is 3. The van der Waals surface area contributed by atoms with Gasteiger partial charge in [0.1, 0.15) is 0 Å². The highest BCUT2D eigenvalue weighted by Gasteiger charge is 2.17. The molecule has 202 valence electrons. The SMILES string of the molecule is CC(C)(C)c1ccc(-c2cccc(-n3c4ccccc4c4cc(-n5c6ccccc6c6ccccc65)ccc43)c2)cc1. The molecule has 2 nitrogen and oxygen atoms in total. The number of nitrogens with zero attached hydrogens (tertiary/aromatic N) is 2. The quantitative estimate of drug-likeness (QED) is 0.211. The average molecular weight is 541 g/mol. The molecule has 2 aromatic heterocycles. The summed E-state index contributed by atoms with van der Waals surface area (Å²) in [6, 6.07) is 51.1.